The van der Waals surface area contributed by atoms with Gasteiger partial charge in [-0.2, -0.15) is 0 Å². The largest absolute Gasteiger partial charge is 0.305 e. The second kappa shape index (κ2) is 5.81. The lowest BCUT2D eigenvalue weighted by Crippen LogP contribution is -2.15. The van der Waals surface area contributed by atoms with Crippen molar-refractivity contribution in [2.45, 2.75) is 0 Å². The number of anilines is 1. The lowest BCUT2D eigenvalue weighted by molar-refractivity contribution is -0.385. The maximum atomic E-state index is 12.0. The fraction of sp³-hybridized carbons (Fsp3) is 0. The number of hydrogen-bond donors (Lipinski definition) is 1. The van der Waals surface area contributed by atoms with Crippen molar-refractivity contribution in [3.05, 3.63) is 56.4 Å². The van der Waals surface area contributed by atoms with Crippen LogP contribution in [0.15, 0.2) is 30.6 Å². The summed E-state index contributed by atoms with van der Waals surface area (Å²) in [6.07, 6.45) is 2.46. The first kappa shape index (κ1) is 14.2. The highest BCUT2D eigenvalue weighted by Crippen LogP contribution is 2.26. The summed E-state index contributed by atoms with van der Waals surface area (Å²) in [6.45, 7) is 0. The summed E-state index contributed by atoms with van der Waals surface area (Å²) in [4.78, 5) is 29.8. The first-order valence-corrected chi connectivity index (χ1v) is 5.96. The Hall–Kier alpha value is -2.25. The van der Waals surface area contributed by atoms with E-state index in [2.05, 4.69) is 15.3 Å². The van der Waals surface area contributed by atoms with Crippen molar-refractivity contribution in [1.29, 1.82) is 0 Å². The summed E-state index contributed by atoms with van der Waals surface area (Å²) in [5, 5.41) is 13.4. The van der Waals surface area contributed by atoms with E-state index < -0.39 is 16.5 Å². The molecule has 0 bridgehead atoms. The monoisotopic (exact) mass is 312 g/mol. The van der Waals surface area contributed by atoms with Gasteiger partial charge in [0.25, 0.3) is 11.6 Å². The first-order valence-electron chi connectivity index (χ1n) is 5.21. The van der Waals surface area contributed by atoms with Crippen LogP contribution in [0.4, 0.5) is 11.5 Å². The number of nitro benzene ring substituents is 1. The Morgan fingerprint density at radius 1 is 1.25 bits per heavy atom. The molecule has 7 nitrogen and oxygen atoms in total. The van der Waals surface area contributed by atoms with Gasteiger partial charge in [-0.3, -0.25) is 14.9 Å². The molecule has 20 heavy (non-hydrogen) atoms. The molecule has 1 N–H and O–H groups in total. The molecule has 0 fully saturated rings. The standard InChI is InChI=1S/C11H6Cl2N4O3/c12-6-2-1-3-7(17(19)20)10(6)11(18)16-9-5-14-8(13)4-15-9/h1-5H,(H,15,16,18). The lowest BCUT2D eigenvalue weighted by Gasteiger charge is -2.06. The van der Waals surface area contributed by atoms with E-state index in [-0.39, 0.29) is 21.6 Å². The Morgan fingerprint density at radius 2 is 2.00 bits per heavy atom. The minimum Gasteiger partial charge on any atom is -0.305 e. The van der Waals surface area contributed by atoms with Gasteiger partial charge in [-0.1, -0.05) is 29.3 Å². The van der Waals surface area contributed by atoms with Crippen LogP contribution in [0.1, 0.15) is 10.4 Å². The summed E-state index contributed by atoms with van der Waals surface area (Å²) in [7, 11) is 0. The van der Waals surface area contributed by atoms with Crippen LogP contribution in [0.5, 0.6) is 0 Å². The number of halogens is 2. The molecule has 2 rings (SSSR count). The van der Waals surface area contributed by atoms with E-state index in [9.17, 15) is 14.9 Å². The number of carbonyl (C=O) groups is 1. The van der Waals surface area contributed by atoms with Crippen LogP contribution in [-0.4, -0.2) is 20.8 Å². The molecular formula is C11H6Cl2N4O3. The molecule has 1 aromatic heterocycles. The number of hydrogen-bond acceptors (Lipinski definition) is 5. The Bertz CT molecular complexity index is 676. The normalized spacial score (nSPS) is 10.1. The quantitative estimate of drug-likeness (QED) is 0.694. The average molecular weight is 313 g/mol. The van der Waals surface area contributed by atoms with E-state index >= 15 is 0 Å². The number of rotatable bonds is 3. The van der Waals surface area contributed by atoms with Crippen LogP contribution >= 0.6 is 23.2 Å². The predicted molar refractivity (Wildman–Crippen MR) is 73.1 cm³/mol. The summed E-state index contributed by atoms with van der Waals surface area (Å²) in [6, 6.07) is 3.96. The van der Waals surface area contributed by atoms with Gasteiger partial charge in [0.1, 0.15) is 10.7 Å². The molecule has 0 atom stereocenters. The Labute approximate surface area is 122 Å². The van der Waals surface area contributed by atoms with E-state index in [0.717, 1.165) is 0 Å². The molecule has 1 amide bonds. The van der Waals surface area contributed by atoms with E-state index in [1.54, 1.807) is 0 Å². The van der Waals surface area contributed by atoms with Gasteiger partial charge in [-0.05, 0) is 6.07 Å². The molecule has 1 aromatic carbocycles. The number of benzene rings is 1. The number of nitrogens with one attached hydrogen (secondary N) is 1. The second-order valence-corrected chi connectivity index (χ2v) is 4.36. The molecule has 1 heterocycles. The molecule has 0 saturated carbocycles. The Kier molecular flexibility index (Phi) is 4.11. The van der Waals surface area contributed by atoms with E-state index in [0.29, 0.717) is 0 Å². The van der Waals surface area contributed by atoms with Crippen molar-refractivity contribution < 1.29 is 9.72 Å². The summed E-state index contributed by atoms with van der Waals surface area (Å²) in [5.41, 5.74) is -0.632. The molecule has 0 aliphatic heterocycles. The highest BCUT2D eigenvalue weighted by atomic mass is 35.5. The molecular weight excluding hydrogens is 307 g/mol. The van der Waals surface area contributed by atoms with Gasteiger partial charge in [-0.15, -0.1) is 0 Å². The third-order valence-corrected chi connectivity index (χ3v) is 2.79. The molecule has 2 aromatic rings. The molecule has 0 saturated heterocycles. The van der Waals surface area contributed by atoms with Crippen LogP contribution < -0.4 is 5.32 Å². The van der Waals surface area contributed by atoms with Crippen molar-refractivity contribution in [3.63, 3.8) is 0 Å². The zero-order chi connectivity index (χ0) is 14.7. The van der Waals surface area contributed by atoms with Crippen LogP contribution in [0.25, 0.3) is 0 Å². The molecule has 0 aliphatic carbocycles. The maximum Gasteiger partial charge on any atom is 0.283 e. The van der Waals surface area contributed by atoms with Crippen LogP contribution in [-0.2, 0) is 0 Å². The van der Waals surface area contributed by atoms with Gasteiger partial charge >= 0.3 is 0 Å². The summed E-state index contributed by atoms with van der Waals surface area (Å²) >= 11 is 11.4. The van der Waals surface area contributed by atoms with Crippen molar-refractivity contribution >= 4 is 40.6 Å². The third-order valence-electron chi connectivity index (χ3n) is 2.28. The van der Waals surface area contributed by atoms with Gasteiger partial charge in [0, 0.05) is 6.07 Å². The van der Waals surface area contributed by atoms with E-state index in [4.69, 9.17) is 23.2 Å². The number of nitro groups is 1. The van der Waals surface area contributed by atoms with Crippen molar-refractivity contribution in [1.82, 2.24) is 9.97 Å². The lowest BCUT2D eigenvalue weighted by atomic mass is 10.1. The van der Waals surface area contributed by atoms with Gasteiger partial charge in [0.05, 0.1) is 22.3 Å². The third kappa shape index (κ3) is 3.01. The SMILES string of the molecule is O=C(Nc1cnc(Cl)cn1)c1c(Cl)cccc1[N+](=O)[O-]. The average Bonchev–Trinajstić information content (AvgIpc) is 2.40. The molecule has 0 unspecified atom stereocenters. The fourth-order valence-corrected chi connectivity index (χ4v) is 1.80. The molecule has 9 heteroatoms. The van der Waals surface area contributed by atoms with Gasteiger partial charge in [-0.25, -0.2) is 9.97 Å². The maximum absolute atomic E-state index is 12.0. The molecule has 102 valence electrons. The fourth-order valence-electron chi connectivity index (χ4n) is 1.45. The number of amides is 1. The number of nitrogens with zero attached hydrogens (tertiary/aromatic N) is 3. The zero-order valence-electron chi connectivity index (χ0n) is 9.71. The van der Waals surface area contributed by atoms with E-state index in [1.807, 2.05) is 0 Å². The van der Waals surface area contributed by atoms with Crippen LogP contribution in [0, 0.1) is 10.1 Å². The molecule has 0 radical (unpaired) electrons. The summed E-state index contributed by atoms with van der Waals surface area (Å²) in [5.74, 6) is -0.646. The number of carbonyl (C=O) groups excluding carboxylic acids is 1. The highest BCUT2D eigenvalue weighted by molar-refractivity contribution is 6.35. The molecule has 0 aliphatic rings. The minimum absolute atomic E-state index is 0.0291. The van der Waals surface area contributed by atoms with Gasteiger partial charge in [0.2, 0.25) is 0 Å². The van der Waals surface area contributed by atoms with Crippen molar-refractivity contribution in [2.24, 2.45) is 0 Å². The van der Waals surface area contributed by atoms with Crippen LogP contribution in [0.2, 0.25) is 10.2 Å². The Balaban J connectivity index is 2.34. The van der Waals surface area contributed by atoms with Crippen LogP contribution in [0.3, 0.4) is 0 Å². The van der Waals surface area contributed by atoms with E-state index in [1.165, 1.54) is 30.6 Å². The van der Waals surface area contributed by atoms with Gasteiger partial charge in [0.15, 0.2) is 5.82 Å². The summed E-state index contributed by atoms with van der Waals surface area (Å²) < 4.78 is 0. The highest BCUT2D eigenvalue weighted by Gasteiger charge is 2.23. The van der Waals surface area contributed by atoms with Crippen molar-refractivity contribution in [2.75, 3.05) is 5.32 Å². The van der Waals surface area contributed by atoms with Crippen molar-refractivity contribution in [3.8, 4) is 0 Å². The first-order chi connectivity index (χ1) is 9.49. The molecule has 0 spiro atoms. The van der Waals surface area contributed by atoms with Gasteiger partial charge < -0.3 is 5.32 Å². The second-order valence-electron chi connectivity index (χ2n) is 3.57. The zero-order valence-corrected chi connectivity index (χ0v) is 11.2. The number of aromatic nitrogens is 2. The Morgan fingerprint density at radius 3 is 2.60 bits per heavy atom. The topological polar surface area (TPSA) is 98.0 Å². The predicted octanol–water partition coefficient (Wildman–Crippen LogP) is 2.94. The smallest absolute Gasteiger partial charge is 0.283 e. The minimum atomic E-state index is -0.751.